The molecule has 4 aliphatic carbocycles. The first-order chi connectivity index (χ1) is 25.7. The molecule has 4 saturated carbocycles. The molecule has 5 amide bonds. The molecule has 4 fully saturated rings. The fourth-order valence-electron chi connectivity index (χ4n) is 11.1. The number of amides is 5. The van der Waals surface area contributed by atoms with Crippen LogP contribution in [0.1, 0.15) is 98.8 Å². The second kappa shape index (κ2) is 16.2. The molecule has 2 aromatic carbocycles. The second-order valence-corrected chi connectivity index (χ2v) is 17.8. The monoisotopic (exact) mass is 743 g/mol. The lowest BCUT2D eigenvalue weighted by Gasteiger charge is -2.65. The molecule has 4 aliphatic rings. The summed E-state index contributed by atoms with van der Waals surface area (Å²) in [5.41, 5.74) is 0.556. The van der Waals surface area contributed by atoms with Crippen molar-refractivity contribution in [3.8, 4) is 0 Å². The van der Waals surface area contributed by atoms with Crippen molar-refractivity contribution >= 4 is 35.5 Å². The van der Waals surface area contributed by atoms with Crippen molar-refractivity contribution in [1.82, 2.24) is 16.0 Å². The number of urea groups is 2. The molecule has 2 aromatic rings. The van der Waals surface area contributed by atoms with Crippen molar-refractivity contribution in [1.29, 1.82) is 0 Å². The molecule has 10 atom stereocenters. The topological polar surface area (TPSA) is 147 Å². The molecule has 54 heavy (non-hydrogen) atoms. The molecule has 6 rings (SSSR count). The third kappa shape index (κ3) is 8.65. The van der Waals surface area contributed by atoms with Gasteiger partial charge in [0.05, 0.1) is 7.11 Å². The van der Waals surface area contributed by atoms with Crippen LogP contribution in [0.25, 0.3) is 0 Å². The fourth-order valence-corrected chi connectivity index (χ4v) is 11.1. The van der Waals surface area contributed by atoms with Gasteiger partial charge in [0.2, 0.25) is 0 Å². The smallest absolute Gasteiger partial charge is 0.407 e. The van der Waals surface area contributed by atoms with Crippen LogP contribution in [0.3, 0.4) is 0 Å². The maximum Gasteiger partial charge on any atom is 0.407 e. The molecule has 0 saturated heterocycles. The minimum atomic E-state index is -0.589. The number of alkyl carbamates (subject to hydrolysis) is 1. The Morgan fingerprint density at radius 1 is 0.778 bits per heavy atom. The molecule has 0 spiro atoms. The van der Waals surface area contributed by atoms with Crippen molar-refractivity contribution in [2.24, 2.45) is 40.4 Å². The quantitative estimate of drug-likeness (QED) is 0.163. The van der Waals surface area contributed by atoms with Crippen molar-refractivity contribution in [3.05, 3.63) is 60.7 Å². The molecule has 0 radical (unpaired) electrons. The molecule has 0 bridgehead atoms. The van der Waals surface area contributed by atoms with Gasteiger partial charge in [-0.05, 0) is 143 Å². The maximum absolute atomic E-state index is 13.8. The number of esters is 1. The molecule has 294 valence electrons. The van der Waals surface area contributed by atoms with E-state index in [2.05, 4.69) is 40.4 Å². The molecular weight excluding hydrogens is 683 g/mol. The molecule has 5 N–H and O–H groups in total. The summed E-state index contributed by atoms with van der Waals surface area (Å²) < 4.78 is 10.6. The summed E-state index contributed by atoms with van der Waals surface area (Å²) in [6, 6.07) is 18.3. The predicted molar refractivity (Wildman–Crippen MR) is 210 cm³/mol. The summed E-state index contributed by atoms with van der Waals surface area (Å²) in [4.78, 5) is 52.6. The number of rotatable bonds is 9. The van der Waals surface area contributed by atoms with Gasteiger partial charge in [0.15, 0.2) is 0 Å². The van der Waals surface area contributed by atoms with Gasteiger partial charge in [-0.1, -0.05) is 50.2 Å². The number of hydrogen-bond acceptors (Lipinski definition) is 6. The summed E-state index contributed by atoms with van der Waals surface area (Å²) in [6.07, 6.45) is 7.69. The van der Waals surface area contributed by atoms with Gasteiger partial charge in [-0.3, -0.25) is 4.79 Å². The third-order valence-corrected chi connectivity index (χ3v) is 13.6. The van der Waals surface area contributed by atoms with Gasteiger partial charge in [0.1, 0.15) is 5.60 Å². The van der Waals surface area contributed by atoms with E-state index in [9.17, 15) is 19.2 Å². The number of para-hydroxylation sites is 2. The summed E-state index contributed by atoms with van der Waals surface area (Å²) in [6.45, 7) is 10.4. The van der Waals surface area contributed by atoms with Gasteiger partial charge in [-0.2, -0.15) is 0 Å². The van der Waals surface area contributed by atoms with Crippen LogP contribution in [0.5, 0.6) is 0 Å². The molecule has 11 heteroatoms. The molecular formula is C43H61N5O6. The summed E-state index contributed by atoms with van der Waals surface area (Å²) in [5.74, 6) is 0.956. The molecule has 0 aliphatic heterocycles. The summed E-state index contributed by atoms with van der Waals surface area (Å²) in [7, 11) is 1.43. The zero-order chi connectivity index (χ0) is 38.7. The highest BCUT2D eigenvalue weighted by Crippen LogP contribution is 2.68. The number of fused-ring (bicyclic) bond motifs is 5. The van der Waals surface area contributed by atoms with Gasteiger partial charge in [0.25, 0.3) is 0 Å². The average molecular weight is 744 g/mol. The van der Waals surface area contributed by atoms with Crippen molar-refractivity contribution in [2.75, 3.05) is 17.7 Å². The van der Waals surface area contributed by atoms with Crippen LogP contribution in [0.4, 0.5) is 25.8 Å². The van der Waals surface area contributed by atoms with Crippen LogP contribution in [0.15, 0.2) is 60.7 Å². The Bertz CT molecular complexity index is 1630. The largest absolute Gasteiger partial charge is 0.469 e. The maximum atomic E-state index is 13.8. The SMILES string of the molecule is COC(=O)CCC[C@H]1CC[C@H]2[C@@H]3C(NC(=O)Nc4ccccc4)C[C@@H]4CC(NC(=O)OC(C)(C)C)CC[C@]4(C)[C@H]3CC(NC(=O)Nc3ccccc3)[C@]12C. The highest BCUT2D eigenvalue weighted by Gasteiger charge is 2.66. The van der Waals surface area contributed by atoms with Crippen LogP contribution in [0, 0.1) is 40.4 Å². The lowest BCUT2D eigenvalue weighted by molar-refractivity contribution is -0.141. The molecule has 0 heterocycles. The number of carbonyl (C=O) groups excluding carboxylic acids is 4. The van der Waals surface area contributed by atoms with Crippen molar-refractivity contribution in [2.45, 2.75) is 123 Å². The van der Waals surface area contributed by atoms with Gasteiger partial charge < -0.3 is 36.1 Å². The number of methoxy groups -OCH3 is 1. The van der Waals surface area contributed by atoms with Crippen LogP contribution >= 0.6 is 0 Å². The van der Waals surface area contributed by atoms with Crippen LogP contribution in [-0.2, 0) is 14.3 Å². The number of nitrogens with one attached hydrogen (secondary N) is 5. The highest BCUT2D eigenvalue weighted by molar-refractivity contribution is 5.90. The first-order valence-corrected chi connectivity index (χ1v) is 20.0. The van der Waals surface area contributed by atoms with E-state index in [4.69, 9.17) is 9.47 Å². The van der Waals surface area contributed by atoms with E-state index >= 15 is 0 Å². The van der Waals surface area contributed by atoms with Gasteiger partial charge >= 0.3 is 24.1 Å². The minimum Gasteiger partial charge on any atom is -0.469 e. The van der Waals surface area contributed by atoms with E-state index in [1.807, 2.05) is 81.4 Å². The number of ether oxygens (including phenoxy) is 2. The lowest BCUT2D eigenvalue weighted by Crippen LogP contribution is -2.67. The third-order valence-electron chi connectivity index (χ3n) is 13.6. The summed E-state index contributed by atoms with van der Waals surface area (Å²) >= 11 is 0. The second-order valence-electron chi connectivity index (χ2n) is 17.8. The van der Waals surface area contributed by atoms with Crippen LogP contribution in [-0.4, -0.2) is 55.0 Å². The molecule has 0 aromatic heterocycles. The van der Waals surface area contributed by atoms with E-state index in [0.717, 1.165) is 69.2 Å². The van der Waals surface area contributed by atoms with E-state index in [0.29, 0.717) is 6.42 Å². The normalized spacial score (nSPS) is 32.8. The standard InChI is InChI=1S/C43H61N5O6/c1-41(2,3)54-40(52)46-31-22-23-42(4)28(24-31)25-34(47-38(50)44-29-15-9-7-10-16-29)37-32-21-20-27(14-13-19-36(49)53-6)43(32,5)35(26-33(37)42)48-39(51)45-30-17-11-8-12-18-30/h7-12,15-18,27-28,31-35,37H,13-14,19-26H2,1-6H3,(H,46,52)(H2,44,47,50)(H2,45,48,51)/t27-,28-,31?,32-,33-,34?,35?,37-,42-,43+/m0/s1. The fraction of sp³-hybridized carbons (Fsp3) is 0.628. The highest BCUT2D eigenvalue weighted by atomic mass is 16.6. The predicted octanol–water partition coefficient (Wildman–Crippen LogP) is 8.48. The Kier molecular flexibility index (Phi) is 11.8. The van der Waals surface area contributed by atoms with Gasteiger partial charge in [0, 0.05) is 35.9 Å². The first kappa shape index (κ1) is 39.4. The number of carbonyl (C=O) groups is 4. The summed E-state index contributed by atoms with van der Waals surface area (Å²) in [5, 5.41) is 16.3. The van der Waals surface area contributed by atoms with E-state index in [1.165, 1.54) is 7.11 Å². The average Bonchev–Trinajstić information content (AvgIpc) is 3.45. The van der Waals surface area contributed by atoms with E-state index < -0.39 is 11.7 Å². The Balaban J connectivity index is 1.31. The molecule has 3 unspecified atom stereocenters. The lowest BCUT2D eigenvalue weighted by atomic mass is 9.42. The van der Waals surface area contributed by atoms with Gasteiger partial charge in [-0.15, -0.1) is 0 Å². The number of anilines is 2. The Morgan fingerprint density at radius 2 is 1.41 bits per heavy atom. The van der Waals surface area contributed by atoms with Crippen LogP contribution in [0.2, 0.25) is 0 Å². The van der Waals surface area contributed by atoms with E-state index in [-0.39, 0.29) is 76.6 Å². The van der Waals surface area contributed by atoms with Gasteiger partial charge in [-0.25, -0.2) is 14.4 Å². The van der Waals surface area contributed by atoms with E-state index in [1.54, 1.807) is 0 Å². The Labute approximate surface area is 320 Å². The zero-order valence-electron chi connectivity index (χ0n) is 32.9. The Morgan fingerprint density at radius 3 is 2.02 bits per heavy atom. The minimum absolute atomic E-state index is 0.0293. The van der Waals surface area contributed by atoms with Crippen molar-refractivity contribution in [3.63, 3.8) is 0 Å². The van der Waals surface area contributed by atoms with Crippen molar-refractivity contribution < 1.29 is 28.7 Å². The first-order valence-electron chi connectivity index (χ1n) is 20.0. The molecule has 11 nitrogen and oxygen atoms in total. The van der Waals surface area contributed by atoms with Crippen LogP contribution < -0.4 is 26.6 Å². The number of hydrogen-bond donors (Lipinski definition) is 5. The Hall–Kier alpha value is -4.28. The number of benzene rings is 2. The zero-order valence-corrected chi connectivity index (χ0v) is 32.9.